The van der Waals surface area contributed by atoms with Crippen molar-refractivity contribution >= 4 is 70.6 Å². The molecular weight excluding hydrogens is 995 g/mol. The van der Waals surface area contributed by atoms with Crippen LogP contribution in [0.25, 0.3) is 0 Å². The van der Waals surface area contributed by atoms with Crippen molar-refractivity contribution < 1.29 is 72.7 Å². The molecule has 23 heteroatoms. The molecule has 0 radical (unpaired) electrons. The third-order valence-corrected chi connectivity index (χ3v) is 15.7. The maximum absolute atomic E-state index is 14.4. The minimum Gasteiger partial charge on any atom is -0.481 e. The summed E-state index contributed by atoms with van der Waals surface area (Å²) in [6, 6.07) is -5.98. The highest BCUT2D eigenvalue weighted by molar-refractivity contribution is 7.99. The highest BCUT2D eigenvalue weighted by atomic mass is 32.2. The van der Waals surface area contributed by atoms with Gasteiger partial charge in [-0.15, -0.1) is 0 Å². The van der Waals surface area contributed by atoms with Crippen molar-refractivity contribution in [1.29, 1.82) is 0 Å². The van der Waals surface area contributed by atoms with Gasteiger partial charge in [0.15, 0.2) is 17.3 Å². The average Bonchev–Trinajstić information content (AvgIpc) is 3.84. The second kappa shape index (κ2) is 33.6. The van der Waals surface area contributed by atoms with Crippen molar-refractivity contribution in [3.63, 3.8) is 0 Å². The lowest BCUT2D eigenvalue weighted by Crippen LogP contribution is -2.55. The molecule has 14 atom stereocenters. The minimum atomic E-state index is -1.66. The molecule has 0 aromatic rings. The first-order valence-corrected chi connectivity index (χ1v) is 27.5. The predicted molar refractivity (Wildman–Crippen MR) is 283 cm³/mol. The number of hydrogen-bond donors (Lipinski definition) is 8. The smallest absolute Gasteiger partial charge is 0.326 e. The SMILES string of the molecule is CC[C@H](C)[C@@H]([C@@H](CC(=O)N1CCC[C@H]1C(OC)[C@@H](C)C(=O)N[C@H](C(=O)C[C@@H](CCC(=O)O)C(=O)N[C@@H](CCC(=O)[C@H](CN)NC(=O)C(C)SC)C(=O)O)C(C)O)OC)N(C)C(=O)[C@@H](CC(=O)[C@@H](NC)C(C)C)C(C)C. The van der Waals surface area contributed by atoms with Gasteiger partial charge in [-0.25, -0.2) is 4.79 Å². The summed E-state index contributed by atoms with van der Waals surface area (Å²) in [4.78, 5) is 136. The number of carboxylic acid groups (broad SMARTS) is 2. The van der Waals surface area contributed by atoms with Gasteiger partial charge in [0.1, 0.15) is 12.1 Å². The van der Waals surface area contributed by atoms with Gasteiger partial charge >= 0.3 is 11.9 Å². The topological polar surface area (TPSA) is 330 Å². The van der Waals surface area contributed by atoms with Crippen LogP contribution in [0.4, 0.5) is 0 Å². The third kappa shape index (κ3) is 20.7. The molecule has 5 amide bonds. The Balaban J connectivity index is 3.33. The van der Waals surface area contributed by atoms with Crippen LogP contribution in [0.5, 0.6) is 0 Å². The zero-order chi connectivity index (χ0) is 57.6. The number of aliphatic hydroxyl groups is 1. The Morgan fingerprint density at radius 1 is 0.760 bits per heavy atom. The number of ether oxygens (including phenoxy) is 2. The van der Waals surface area contributed by atoms with E-state index in [2.05, 4.69) is 21.3 Å². The van der Waals surface area contributed by atoms with Gasteiger partial charge in [-0.1, -0.05) is 54.9 Å². The molecule has 1 saturated heterocycles. The first-order valence-electron chi connectivity index (χ1n) is 26.2. The van der Waals surface area contributed by atoms with Gasteiger partial charge in [0.2, 0.25) is 29.5 Å². The number of nitrogens with two attached hydrogens (primary N) is 1. The predicted octanol–water partition coefficient (Wildman–Crippen LogP) is 1.80. The lowest BCUT2D eigenvalue weighted by Gasteiger charge is -2.41. The van der Waals surface area contributed by atoms with Crippen LogP contribution in [-0.4, -0.2) is 191 Å². The van der Waals surface area contributed by atoms with E-state index < -0.39 is 151 Å². The van der Waals surface area contributed by atoms with E-state index in [0.717, 1.165) is 0 Å². The average molecular weight is 1090 g/mol. The van der Waals surface area contributed by atoms with E-state index >= 15 is 0 Å². The van der Waals surface area contributed by atoms with Crippen LogP contribution in [-0.2, 0) is 57.4 Å². The van der Waals surface area contributed by atoms with E-state index in [4.69, 9.17) is 15.2 Å². The standard InChI is InChI=1S/C52H91N7O15S/c1-15-29(6)46(58(11)51(70)34(27(2)3)24-40(63)44(54-10)28(4)5)41(73-12)25-42(64)59-22-16-17-37(59)47(74-13)30(7)48(67)57-45(31(8)60)39(62)23-33(18-21-43(65)66)50(69)55-35(52(71)72)19-20-38(61)36(26-53)56-49(68)32(9)75-14/h27-37,41,44-47,54,60H,15-26,53H2,1-14H3,(H,55,69)(H,56,68)(H,57,67)(H,65,66)(H,71,72)/t29-,30+,31?,32?,33+,34-,35-,36-,37-,41+,44-,45-,46-,47?/m0/s1. The van der Waals surface area contributed by atoms with Gasteiger partial charge in [-0.05, 0) is 70.6 Å². The highest BCUT2D eigenvalue weighted by Gasteiger charge is 2.44. The fraction of sp³-hybridized carbons (Fsp3) is 0.808. The Morgan fingerprint density at radius 2 is 1.36 bits per heavy atom. The van der Waals surface area contributed by atoms with Gasteiger partial charge in [0.05, 0.1) is 60.1 Å². The number of ketones is 3. The van der Waals surface area contributed by atoms with Crippen LogP contribution >= 0.6 is 11.8 Å². The number of hydrogen-bond acceptors (Lipinski definition) is 16. The van der Waals surface area contributed by atoms with Crippen molar-refractivity contribution in [2.45, 2.75) is 186 Å². The maximum Gasteiger partial charge on any atom is 0.326 e. The molecule has 1 fully saturated rings. The highest BCUT2D eigenvalue weighted by Crippen LogP contribution is 2.31. The number of nitrogens with one attached hydrogen (secondary N) is 4. The number of amides is 5. The van der Waals surface area contributed by atoms with Crippen LogP contribution in [0.2, 0.25) is 0 Å². The molecular formula is C52H91N7O15S. The van der Waals surface area contributed by atoms with Gasteiger partial charge in [0.25, 0.3) is 0 Å². The summed E-state index contributed by atoms with van der Waals surface area (Å²) in [5.41, 5.74) is 5.71. The quantitative estimate of drug-likeness (QED) is 0.0440. The van der Waals surface area contributed by atoms with Crippen molar-refractivity contribution in [3.05, 3.63) is 0 Å². The summed E-state index contributed by atoms with van der Waals surface area (Å²) < 4.78 is 11.9. The largest absolute Gasteiger partial charge is 0.481 e. The Hall–Kier alpha value is -4.55. The normalized spacial score (nSPS) is 19.0. The van der Waals surface area contributed by atoms with Crippen molar-refractivity contribution in [2.75, 3.05) is 47.7 Å². The number of carbonyl (C=O) groups is 10. The van der Waals surface area contributed by atoms with Crippen molar-refractivity contribution in [1.82, 2.24) is 31.1 Å². The fourth-order valence-electron chi connectivity index (χ4n) is 9.81. The molecule has 1 heterocycles. The maximum atomic E-state index is 14.4. The number of carboxylic acids is 2. The van der Waals surface area contributed by atoms with E-state index in [1.807, 2.05) is 41.5 Å². The van der Waals surface area contributed by atoms with E-state index in [1.165, 1.54) is 39.8 Å². The van der Waals surface area contributed by atoms with E-state index in [1.54, 1.807) is 37.1 Å². The molecule has 3 unspecified atom stereocenters. The second-order valence-corrected chi connectivity index (χ2v) is 21.9. The molecule has 75 heavy (non-hydrogen) atoms. The summed E-state index contributed by atoms with van der Waals surface area (Å²) in [6.07, 6.45) is -2.47. The Labute approximate surface area is 448 Å². The zero-order valence-corrected chi connectivity index (χ0v) is 47.7. The van der Waals surface area contributed by atoms with Gasteiger partial charge < -0.3 is 61.6 Å². The monoisotopic (exact) mass is 1090 g/mol. The molecule has 1 rings (SSSR count). The molecule has 430 valence electrons. The van der Waals surface area contributed by atoms with Crippen LogP contribution in [0.3, 0.4) is 0 Å². The number of methoxy groups -OCH3 is 2. The van der Waals surface area contributed by atoms with E-state index in [9.17, 15) is 63.3 Å². The Kier molecular flexibility index (Phi) is 30.6. The van der Waals surface area contributed by atoms with E-state index in [-0.39, 0.29) is 54.7 Å². The Bertz CT molecular complexity index is 1920. The number of aliphatic hydroxyl groups excluding tert-OH is 1. The molecule has 22 nitrogen and oxygen atoms in total. The lowest BCUT2D eigenvalue weighted by molar-refractivity contribution is -0.149. The van der Waals surface area contributed by atoms with Crippen LogP contribution in [0, 0.1) is 35.5 Å². The summed E-state index contributed by atoms with van der Waals surface area (Å²) in [6.45, 7) is 16.1. The lowest BCUT2D eigenvalue weighted by atomic mass is 9.84. The number of rotatable bonds is 37. The van der Waals surface area contributed by atoms with Gasteiger partial charge in [-0.3, -0.25) is 43.2 Å². The number of carbonyl (C=O) groups excluding carboxylic acids is 8. The molecule has 0 spiro atoms. The van der Waals surface area contributed by atoms with Gasteiger partial charge in [0, 0.05) is 71.9 Å². The van der Waals surface area contributed by atoms with Crippen molar-refractivity contribution in [3.8, 4) is 0 Å². The number of likely N-dealkylation sites (tertiary alicyclic amines) is 1. The molecule has 0 saturated carbocycles. The first kappa shape index (κ1) is 68.5. The summed E-state index contributed by atoms with van der Waals surface area (Å²) in [5.74, 6) is -10.4. The van der Waals surface area contributed by atoms with Crippen LogP contribution in [0.15, 0.2) is 0 Å². The Morgan fingerprint density at radius 3 is 1.84 bits per heavy atom. The summed E-state index contributed by atoms with van der Waals surface area (Å²) in [5, 5.41) is 40.2. The van der Waals surface area contributed by atoms with Crippen molar-refractivity contribution in [2.24, 2.45) is 41.2 Å². The zero-order valence-electron chi connectivity index (χ0n) is 46.8. The molecule has 0 aromatic heterocycles. The molecule has 0 aromatic carbocycles. The second-order valence-electron chi connectivity index (χ2n) is 20.7. The number of Topliss-reactive ketones (excluding diaryl/α,β-unsaturated/α-hetero) is 3. The van der Waals surface area contributed by atoms with Crippen LogP contribution in [0.1, 0.15) is 127 Å². The molecule has 9 N–H and O–H groups in total. The number of aliphatic carboxylic acids is 2. The summed E-state index contributed by atoms with van der Waals surface area (Å²) in [7, 11) is 6.27. The molecule has 1 aliphatic heterocycles. The fourth-order valence-corrected chi connectivity index (χ4v) is 10.1. The number of likely N-dealkylation sites (N-methyl/N-ethyl adjacent to an activating group) is 2. The van der Waals surface area contributed by atoms with E-state index in [0.29, 0.717) is 25.8 Å². The van der Waals surface area contributed by atoms with Crippen LogP contribution < -0.4 is 27.0 Å². The minimum absolute atomic E-state index is 0.0222. The third-order valence-electron chi connectivity index (χ3n) is 14.7. The summed E-state index contributed by atoms with van der Waals surface area (Å²) >= 11 is 1.24. The van der Waals surface area contributed by atoms with Gasteiger partial charge in [-0.2, -0.15) is 11.8 Å². The number of thioether (sulfide) groups is 1. The number of nitrogens with zero attached hydrogens (tertiary/aromatic N) is 2. The first-order chi connectivity index (χ1) is 35.1. The molecule has 1 aliphatic rings. The molecule has 0 bridgehead atoms. The molecule has 0 aliphatic carbocycles.